The first-order valence-electron chi connectivity index (χ1n) is 3.78. The molecule has 0 saturated heterocycles. The van der Waals surface area contributed by atoms with Crippen molar-refractivity contribution in [3.05, 3.63) is 23.0 Å². The summed E-state index contributed by atoms with van der Waals surface area (Å²) in [4.78, 5) is 0.698. The second-order valence-corrected chi connectivity index (χ2v) is 2.96. The maximum atomic E-state index is 12.1. The van der Waals surface area contributed by atoms with Crippen LogP contribution in [0, 0.1) is 0 Å². The summed E-state index contributed by atoms with van der Waals surface area (Å²) >= 11 is 0. The summed E-state index contributed by atoms with van der Waals surface area (Å²) in [5, 5.41) is 0. The summed E-state index contributed by atoms with van der Waals surface area (Å²) in [6.45, 7) is 0. The highest BCUT2D eigenvalue weighted by Crippen LogP contribution is 2.43. The number of H-pyrrole nitrogens is 1. The van der Waals surface area contributed by atoms with Crippen LogP contribution in [0.25, 0.3) is 0 Å². The van der Waals surface area contributed by atoms with E-state index < -0.39 is 41.5 Å². The zero-order valence-electron chi connectivity index (χ0n) is 7.48. The van der Waals surface area contributed by atoms with Gasteiger partial charge in [0.2, 0.25) is 0 Å². The lowest BCUT2D eigenvalue weighted by molar-refractivity contribution is -0.164. The maximum absolute atomic E-state index is 12.1. The smallest absolute Gasteiger partial charge is 0.347 e. The second kappa shape index (κ2) is 3.57. The molecule has 0 saturated carbocycles. The predicted molar refractivity (Wildman–Crippen MR) is 35.8 cm³/mol. The minimum Gasteiger partial charge on any atom is -0.347 e. The van der Waals surface area contributed by atoms with Crippen LogP contribution in [-0.4, -0.2) is 4.98 Å². The molecule has 1 nitrogen and oxygen atoms in total. The van der Waals surface area contributed by atoms with E-state index in [2.05, 4.69) is 0 Å². The Morgan fingerprint density at radius 3 is 1.41 bits per heavy atom. The molecule has 0 fully saturated rings. The summed E-state index contributed by atoms with van der Waals surface area (Å²) in [6, 6.07) is -0.608. The van der Waals surface area contributed by atoms with Gasteiger partial charge < -0.3 is 4.98 Å². The minimum absolute atomic E-state index is 0.608. The number of rotatable bonds is 0. The highest BCUT2D eigenvalue weighted by Gasteiger charge is 2.48. The molecule has 0 radical (unpaired) electrons. The normalized spacial score (nSPS) is 14.2. The van der Waals surface area contributed by atoms with Crippen LogP contribution in [0.2, 0.25) is 0 Å². The molecule has 0 atom stereocenters. The van der Waals surface area contributed by atoms with Gasteiger partial charge in [0.25, 0.3) is 0 Å². The van der Waals surface area contributed by atoms with Crippen molar-refractivity contribution in [3.8, 4) is 0 Å². The molecule has 0 amide bonds. The largest absolute Gasteiger partial charge is 0.431 e. The van der Waals surface area contributed by atoms with Gasteiger partial charge in [-0.05, 0) is 6.07 Å². The Balaban J connectivity index is 3.44. The zero-order valence-corrected chi connectivity index (χ0v) is 7.48. The number of aromatic nitrogens is 1. The molecule has 1 heterocycles. The summed E-state index contributed by atoms with van der Waals surface area (Å²) in [5.74, 6) is 0. The molecule has 1 aromatic heterocycles. The van der Waals surface area contributed by atoms with E-state index >= 15 is 0 Å². The number of nitrogens with one attached hydrogen (secondary N) is 1. The van der Waals surface area contributed by atoms with Crippen molar-refractivity contribution in [3.63, 3.8) is 0 Å². The average molecular weight is 271 g/mol. The van der Waals surface area contributed by atoms with E-state index in [9.17, 15) is 39.5 Å². The van der Waals surface area contributed by atoms with E-state index in [1.54, 1.807) is 0 Å². The first-order valence-corrected chi connectivity index (χ1v) is 3.78. The van der Waals surface area contributed by atoms with Crippen molar-refractivity contribution in [1.29, 1.82) is 0 Å². The lowest BCUT2D eigenvalue weighted by Crippen LogP contribution is -2.15. The quantitative estimate of drug-likeness (QED) is 0.684. The highest BCUT2D eigenvalue weighted by molar-refractivity contribution is 5.32. The predicted octanol–water partition coefficient (Wildman–Crippen LogP) is 4.07. The first-order chi connectivity index (χ1) is 7.33. The Kier molecular flexibility index (Phi) is 2.88. The molecule has 0 aliphatic heterocycles. The van der Waals surface area contributed by atoms with Gasteiger partial charge in [-0.1, -0.05) is 0 Å². The van der Waals surface area contributed by atoms with Crippen LogP contribution >= 0.6 is 0 Å². The number of aromatic amines is 1. The summed E-state index contributed by atoms with van der Waals surface area (Å²) in [7, 11) is 0. The van der Waals surface area contributed by atoms with E-state index in [0.717, 1.165) is 0 Å². The van der Waals surface area contributed by atoms with Crippen molar-refractivity contribution in [2.75, 3.05) is 0 Å². The van der Waals surface area contributed by atoms with E-state index in [0.29, 0.717) is 4.98 Å². The number of alkyl halides is 9. The van der Waals surface area contributed by atoms with Gasteiger partial charge in [-0.25, -0.2) is 0 Å². The second-order valence-electron chi connectivity index (χ2n) is 2.96. The molecule has 10 heteroatoms. The summed E-state index contributed by atoms with van der Waals surface area (Å²) in [6.07, 6.45) is -16.4. The van der Waals surface area contributed by atoms with Gasteiger partial charge in [0, 0.05) is 0 Å². The number of hydrogen-bond donors (Lipinski definition) is 1. The van der Waals surface area contributed by atoms with Crippen molar-refractivity contribution < 1.29 is 39.5 Å². The number of hydrogen-bond acceptors (Lipinski definition) is 0. The molecule has 17 heavy (non-hydrogen) atoms. The van der Waals surface area contributed by atoms with Crippen molar-refractivity contribution in [2.24, 2.45) is 0 Å². The zero-order chi connectivity index (χ0) is 13.6. The molecule has 1 aromatic rings. The third kappa shape index (κ3) is 2.86. The lowest BCUT2D eigenvalue weighted by Gasteiger charge is -2.10. The molecule has 0 aliphatic carbocycles. The van der Waals surface area contributed by atoms with Crippen molar-refractivity contribution in [1.82, 2.24) is 4.98 Å². The first kappa shape index (κ1) is 13.7. The third-order valence-electron chi connectivity index (χ3n) is 1.71. The van der Waals surface area contributed by atoms with Gasteiger partial charge in [-0.2, -0.15) is 39.5 Å². The average Bonchev–Trinajstić information content (AvgIpc) is 2.42. The molecular formula is C7H2F9N. The summed E-state index contributed by atoms with van der Waals surface area (Å²) < 4.78 is 108. The topological polar surface area (TPSA) is 15.8 Å². The summed E-state index contributed by atoms with van der Waals surface area (Å²) in [5.41, 5.74) is -6.95. The van der Waals surface area contributed by atoms with Crippen molar-refractivity contribution >= 4 is 0 Å². The van der Waals surface area contributed by atoms with Gasteiger partial charge in [-0.15, -0.1) is 0 Å². The molecule has 1 rings (SSSR count). The van der Waals surface area contributed by atoms with Gasteiger partial charge in [0.05, 0.1) is 5.56 Å². The SMILES string of the molecule is FC(F)(F)c1cc(C(F)(F)F)c(C(F)(F)F)[nH]1. The van der Waals surface area contributed by atoms with E-state index in [1.807, 2.05) is 0 Å². The fourth-order valence-electron chi connectivity index (χ4n) is 1.05. The van der Waals surface area contributed by atoms with E-state index in [4.69, 9.17) is 0 Å². The van der Waals surface area contributed by atoms with Crippen LogP contribution < -0.4 is 0 Å². The van der Waals surface area contributed by atoms with Crippen LogP contribution in [0.4, 0.5) is 39.5 Å². The Morgan fingerprint density at radius 1 is 0.706 bits per heavy atom. The third-order valence-corrected chi connectivity index (χ3v) is 1.71. The van der Waals surface area contributed by atoms with E-state index in [-0.39, 0.29) is 0 Å². The van der Waals surface area contributed by atoms with Gasteiger partial charge in [0.1, 0.15) is 11.4 Å². The van der Waals surface area contributed by atoms with Crippen LogP contribution in [0.1, 0.15) is 17.0 Å². The van der Waals surface area contributed by atoms with Crippen molar-refractivity contribution in [2.45, 2.75) is 18.5 Å². The van der Waals surface area contributed by atoms with E-state index in [1.165, 1.54) is 0 Å². The fraction of sp³-hybridized carbons (Fsp3) is 0.429. The van der Waals surface area contributed by atoms with Crippen LogP contribution in [-0.2, 0) is 18.5 Å². The van der Waals surface area contributed by atoms with Crippen LogP contribution in [0.15, 0.2) is 6.07 Å². The Labute approximate surface area is 87.2 Å². The Hall–Kier alpha value is -1.35. The number of halogens is 9. The molecule has 98 valence electrons. The highest BCUT2D eigenvalue weighted by atomic mass is 19.4. The molecule has 1 N–H and O–H groups in total. The van der Waals surface area contributed by atoms with Crippen LogP contribution in [0.5, 0.6) is 0 Å². The van der Waals surface area contributed by atoms with Gasteiger partial charge >= 0.3 is 18.5 Å². The Bertz CT molecular complexity index is 373. The Morgan fingerprint density at radius 2 is 1.18 bits per heavy atom. The van der Waals surface area contributed by atoms with Crippen LogP contribution in [0.3, 0.4) is 0 Å². The van der Waals surface area contributed by atoms with Gasteiger partial charge in [-0.3, -0.25) is 0 Å². The molecule has 0 aliphatic rings. The molecule has 0 spiro atoms. The molecular weight excluding hydrogens is 269 g/mol. The molecule has 0 bridgehead atoms. The fourth-order valence-corrected chi connectivity index (χ4v) is 1.05. The molecule has 0 aromatic carbocycles. The minimum atomic E-state index is -5.55. The standard InChI is InChI=1S/C7H2F9N/c8-5(9,10)2-1-3(6(11,12)13)17-4(2)7(14,15)16/h1,17H. The lowest BCUT2D eigenvalue weighted by atomic mass is 10.2. The molecule has 0 unspecified atom stereocenters. The monoisotopic (exact) mass is 271 g/mol. The maximum Gasteiger partial charge on any atom is 0.431 e. The van der Waals surface area contributed by atoms with Gasteiger partial charge in [0.15, 0.2) is 0 Å².